The number of aromatic nitrogens is 2. The van der Waals surface area contributed by atoms with Crippen molar-refractivity contribution in [3.05, 3.63) is 108 Å². The van der Waals surface area contributed by atoms with E-state index in [1.165, 1.54) is 0 Å². The maximum absolute atomic E-state index is 12.0. The van der Waals surface area contributed by atoms with Crippen LogP contribution in [-0.4, -0.2) is 31.6 Å². The Balaban J connectivity index is 1.60. The van der Waals surface area contributed by atoms with Crippen LogP contribution in [0.2, 0.25) is 0 Å². The number of hydrogen-bond acceptors (Lipinski definition) is 4. The smallest absolute Gasteiger partial charge is 0.335 e. The number of pyridine rings is 1. The van der Waals surface area contributed by atoms with Crippen molar-refractivity contribution >= 4 is 40.6 Å². The first-order valence-electron chi connectivity index (χ1n) is 12.3. The van der Waals surface area contributed by atoms with Gasteiger partial charge in [0.1, 0.15) is 6.04 Å². The van der Waals surface area contributed by atoms with E-state index < -0.39 is 5.97 Å². The summed E-state index contributed by atoms with van der Waals surface area (Å²) in [5, 5.41) is 16.3. The van der Waals surface area contributed by atoms with Crippen molar-refractivity contribution in [3.8, 4) is 5.69 Å². The summed E-state index contributed by atoms with van der Waals surface area (Å²) >= 11 is 5.86. The van der Waals surface area contributed by atoms with Crippen LogP contribution in [0.5, 0.6) is 0 Å². The first kappa shape index (κ1) is 25.2. The molecule has 8 nitrogen and oxygen atoms in total. The Bertz CT molecular complexity index is 1500. The number of carbonyl (C=O) groups is 2. The van der Waals surface area contributed by atoms with Gasteiger partial charge < -0.3 is 25.2 Å². The highest BCUT2D eigenvalue weighted by atomic mass is 32.1. The largest absolute Gasteiger partial charge is 0.478 e. The van der Waals surface area contributed by atoms with Crippen LogP contribution >= 0.6 is 12.2 Å². The van der Waals surface area contributed by atoms with Crippen LogP contribution in [0.4, 0.5) is 11.4 Å². The predicted octanol–water partition coefficient (Wildman–Crippen LogP) is 5.40. The van der Waals surface area contributed by atoms with E-state index in [9.17, 15) is 14.7 Å². The van der Waals surface area contributed by atoms with Gasteiger partial charge in [0.05, 0.1) is 17.3 Å². The second kappa shape index (κ2) is 10.5. The zero-order chi connectivity index (χ0) is 26.8. The molecule has 4 aromatic rings. The van der Waals surface area contributed by atoms with Gasteiger partial charge in [-0.2, -0.15) is 0 Å². The Labute approximate surface area is 225 Å². The van der Waals surface area contributed by atoms with Gasteiger partial charge in [0.25, 0.3) is 0 Å². The van der Waals surface area contributed by atoms with Gasteiger partial charge in [-0.25, -0.2) is 4.79 Å². The number of nitrogens with zero attached hydrogens (tertiary/aromatic N) is 3. The lowest BCUT2D eigenvalue weighted by Crippen LogP contribution is -2.30. The molecule has 5 rings (SSSR count). The Morgan fingerprint density at radius 1 is 1.05 bits per heavy atom. The Hall–Kier alpha value is -4.50. The van der Waals surface area contributed by atoms with Crippen LogP contribution in [-0.2, 0) is 4.79 Å². The highest BCUT2D eigenvalue weighted by Crippen LogP contribution is 2.42. The third kappa shape index (κ3) is 4.76. The van der Waals surface area contributed by atoms with Crippen molar-refractivity contribution in [2.75, 3.05) is 10.2 Å². The fraction of sp³-hybridized carbons (Fsp3) is 0.172. The van der Waals surface area contributed by atoms with Gasteiger partial charge in [-0.05, 0) is 91.4 Å². The number of thiocarbonyl (C=S) groups is 1. The van der Waals surface area contributed by atoms with E-state index in [1.807, 2.05) is 73.1 Å². The summed E-state index contributed by atoms with van der Waals surface area (Å²) in [6.45, 7) is 3.78. The van der Waals surface area contributed by atoms with Crippen molar-refractivity contribution in [3.63, 3.8) is 0 Å². The lowest BCUT2D eigenvalue weighted by atomic mass is 10.00. The molecule has 1 aliphatic rings. The van der Waals surface area contributed by atoms with Gasteiger partial charge in [-0.1, -0.05) is 13.0 Å². The number of carboxylic acid groups (broad SMARTS) is 1. The van der Waals surface area contributed by atoms with Crippen LogP contribution in [0, 0.1) is 6.92 Å². The minimum Gasteiger partial charge on any atom is -0.478 e. The number of carbonyl (C=O) groups excluding carboxylic acids is 1. The molecule has 1 amide bonds. The number of amides is 1. The molecule has 38 heavy (non-hydrogen) atoms. The lowest BCUT2D eigenvalue weighted by molar-refractivity contribution is -0.115. The number of aryl methyl sites for hydroxylation is 1. The standard InChI is InChI=1S/C29H27N5O3S/c1-3-25(35)31-22-14-13-21(17-18(22)2)34-27(26(32-29(34)38)23-7-4-5-15-30-23)24-8-6-16-33(24)20-11-9-19(10-12-20)28(36)37/h4-17,26-27H,3H2,1-2H3,(H,31,35)(H,32,38)(H,36,37). The van der Waals surface area contributed by atoms with E-state index >= 15 is 0 Å². The van der Waals surface area contributed by atoms with Gasteiger partial charge in [0.15, 0.2) is 5.11 Å². The van der Waals surface area contributed by atoms with Crippen LogP contribution < -0.4 is 15.5 Å². The van der Waals surface area contributed by atoms with Crippen LogP contribution in [0.3, 0.4) is 0 Å². The van der Waals surface area contributed by atoms with E-state index in [1.54, 1.807) is 30.5 Å². The maximum atomic E-state index is 12.0. The molecule has 0 aliphatic carbocycles. The molecule has 3 heterocycles. The molecule has 2 aromatic heterocycles. The molecule has 0 bridgehead atoms. The molecule has 1 saturated heterocycles. The number of hydrogen-bond donors (Lipinski definition) is 3. The van der Waals surface area contributed by atoms with Gasteiger partial charge in [0, 0.05) is 41.6 Å². The summed E-state index contributed by atoms with van der Waals surface area (Å²) in [5.41, 5.74) is 5.43. The minimum absolute atomic E-state index is 0.0425. The number of anilines is 2. The number of aromatic carboxylic acids is 1. The van der Waals surface area contributed by atoms with Crippen LogP contribution in [0.25, 0.3) is 5.69 Å². The van der Waals surface area contributed by atoms with Gasteiger partial charge in [0.2, 0.25) is 5.91 Å². The van der Waals surface area contributed by atoms with E-state index in [0.717, 1.165) is 34.0 Å². The summed E-state index contributed by atoms with van der Waals surface area (Å²) < 4.78 is 2.04. The second-order valence-electron chi connectivity index (χ2n) is 9.05. The number of carboxylic acids is 1. The van der Waals surface area contributed by atoms with E-state index in [2.05, 4.69) is 20.5 Å². The van der Waals surface area contributed by atoms with Crippen molar-refractivity contribution < 1.29 is 14.7 Å². The van der Waals surface area contributed by atoms with E-state index in [-0.39, 0.29) is 23.6 Å². The Morgan fingerprint density at radius 2 is 1.82 bits per heavy atom. The molecule has 3 N–H and O–H groups in total. The highest BCUT2D eigenvalue weighted by Gasteiger charge is 2.42. The normalized spacial score (nSPS) is 16.8. The molecule has 0 saturated carbocycles. The van der Waals surface area contributed by atoms with Crippen LogP contribution in [0.15, 0.2) is 85.2 Å². The fourth-order valence-electron chi connectivity index (χ4n) is 4.74. The first-order chi connectivity index (χ1) is 18.4. The molecule has 2 unspecified atom stereocenters. The second-order valence-corrected chi connectivity index (χ2v) is 9.44. The molecule has 192 valence electrons. The third-order valence-corrected chi connectivity index (χ3v) is 6.97. The fourth-order valence-corrected chi connectivity index (χ4v) is 5.09. The average molecular weight is 526 g/mol. The minimum atomic E-state index is -0.968. The summed E-state index contributed by atoms with van der Waals surface area (Å²) in [6.07, 6.45) is 4.12. The van der Waals surface area contributed by atoms with Crippen molar-refractivity contribution in [1.82, 2.24) is 14.9 Å². The monoisotopic (exact) mass is 525 g/mol. The molecule has 1 fully saturated rings. The molecular weight excluding hydrogens is 498 g/mol. The molecule has 1 aliphatic heterocycles. The first-order valence-corrected chi connectivity index (χ1v) is 12.7. The highest BCUT2D eigenvalue weighted by molar-refractivity contribution is 7.80. The van der Waals surface area contributed by atoms with Crippen molar-refractivity contribution in [1.29, 1.82) is 0 Å². The molecular formula is C29H27N5O3S. The zero-order valence-corrected chi connectivity index (χ0v) is 21.8. The Kier molecular flexibility index (Phi) is 6.93. The van der Waals surface area contributed by atoms with Crippen molar-refractivity contribution in [2.24, 2.45) is 0 Å². The van der Waals surface area contributed by atoms with E-state index in [0.29, 0.717) is 11.5 Å². The average Bonchev–Trinajstić information content (AvgIpc) is 3.54. The zero-order valence-electron chi connectivity index (χ0n) is 21.0. The Morgan fingerprint density at radius 3 is 2.47 bits per heavy atom. The van der Waals surface area contributed by atoms with Crippen LogP contribution in [0.1, 0.15) is 52.7 Å². The number of rotatable bonds is 7. The molecule has 0 spiro atoms. The summed E-state index contributed by atoms with van der Waals surface area (Å²) in [7, 11) is 0. The number of benzene rings is 2. The van der Waals surface area contributed by atoms with Gasteiger partial charge in [-0.15, -0.1) is 0 Å². The van der Waals surface area contributed by atoms with Gasteiger partial charge >= 0.3 is 5.97 Å². The SMILES string of the molecule is CCC(=O)Nc1ccc(N2C(=S)NC(c3ccccn3)C2c2cccn2-c2ccc(C(=O)O)cc2)cc1C. The molecule has 2 atom stereocenters. The quantitative estimate of drug-likeness (QED) is 0.278. The number of nitrogens with one attached hydrogen (secondary N) is 2. The van der Waals surface area contributed by atoms with Crippen molar-refractivity contribution in [2.45, 2.75) is 32.4 Å². The van der Waals surface area contributed by atoms with E-state index in [4.69, 9.17) is 12.2 Å². The lowest BCUT2D eigenvalue weighted by Gasteiger charge is -2.29. The summed E-state index contributed by atoms with van der Waals surface area (Å²) in [5.74, 6) is -1.01. The summed E-state index contributed by atoms with van der Waals surface area (Å²) in [4.78, 5) is 30.0. The maximum Gasteiger partial charge on any atom is 0.335 e. The molecule has 9 heteroatoms. The summed E-state index contributed by atoms with van der Waals surface area (Å²) in [6, 6.07) is 22.0. The third-order valence-electron chi connectivity index (χ3n) is 6.66. The topological polar surface area (TPSA) is 99.5 Å². The molecule has 2 aromatic carbocycles. The predicted molar refractivity (Wildman–Crippen MR) is 151 cm³/mol. The molecule has 0 radical (unpaired) electrons. The van der Waals surface area contributed by atoms with Gasteiger partial charge in [-0.3, -0.25) is 9.78 Å².